The maximum atomic E-state index is 12.5. The van der Waals surface area contributed by atoms with Crippen LogP contribution in [0.3, 0.4) is 0 Å². The predicted octanol–water partition coefficient (Wildman–Crippen LogP) is 5.23. The van der Waals surface area contributed by atoms with E-state index < -0.39 is 29.6 Å². The SMILES string of the molecule is FC(F)Oc1cccc(CCCBr)c1SC(F)(F)F. The van der Waals surface area contributed by atoms with E-state index in [2.05, 4.69) is 20.7 Å². The highest BCUT2D eigenvalue weighted by Crippen LogP contribution is 2.44. The van der Waals surface area contributed by atoms with E-state index >= 15 is 0 Å². The first-order valence-corrected chi connectivity index (χ1v) is 7.15. The molecule has 0 aromatic heterocycles. The summed E-state index contributed by atoms with van der Waals surface area (Å²) >= 11 is 2.74. The van der Waals surface area contributed by atoms with Crippen LogP contribution >= 0.6 is 27.7 Å². The number of alkyl halides is 6. The largest absolute Gasteiger partial charge is 0.446 e. The lowest BCUT2D eigenvalue weighted by Gasteiger charge is -2.15. The van der Waals surface area contributed by atoms with Gasteiger partial charge >= 0.3 is 12.1 Å². The van der Waals surface area contributed by atoms with Gasteiger partial charge in [0.15, 0.2) is 0 Å². The summed E-state index contributed by atoms with van der Waals surface area (Å²) in [5.74, 6) is -0.440. The predicted molar refractivity (Wildman–Crippen MR) is 67.1 cm³/mol. The zero-order valence-corrected chi connectivity index (χ0v) is 11.9. The summed E-state index contributed by atoms with van der Waals surface area (Å²) in [7, 11) is 0. The highest BCUT2D eigenvalue weighted by atomic mass is 79.9. The van der Waals surface area contributed by atoms with Crippen molar-refractivity contribution in [1.29, 1.82) is 0 Å². The van der Waals surface area contributed by atoms with E-state index in [0.717, 1.165) is 6.07 Å². The molecule has 0 atom stereocenters. The average molecular weight is 365 g/mol. The Morgan fingerprint density at radius 2 is 1.95 bits per heavy atom. The molecule has 0 heterocycles. The number of ether oxygens (including phenoxy) is 1. The molecule has 0 spiro atoms. The summed E-state index contributed by atoms with van der Waals surface area (Å²) in [5, 5.41) is 0.614. The van der Waals surface area contributed by atoms with Gasteiger partial charge in [-0.05, 0) is 36.2 Å². The zero-order valence-electron chi connectivity index (χ0n) is 9.52. The Bertz CT molecular complexity index is 411. The number of aryl methyl sites for hydroxylation is 1. The number of benzene rings is 1. The van der Waals surface area contributed by atoms with E-state index in [1.165, 1.54) is 12.1 Å². The third-order valence-electron chi connectivity index (χ3n) is 2.07. The summed E-state index contributed by atoms with van der Waals surface area (Å²) in [6.07, 6.45) is 0.952. The molecule has 0 aliphatic rings. The van der Waals surface area contributed by atoms with Crippen LogP contribution in [0.1, 0.15) is 12.0 Å². The second-order valence-corrected chi connectivity index (χ2v) is 5.33. The van der Waals surface area contributed by atoms with E-state index in [9.17, 15) is 22.0 Å². The molecule has 19 heavy (non-hydrogen) atoms. The molecule has 1 nitrogen and oxygen atoms in total. The van der Waals surface area contributed by atoms with Crippen LogP contribution in [0.4, 0.5) is 22.0 Å². The van der Waals surface area contributed by atoms with Gasteiger partial charge < -0.3 is 4.74 Å². The molecule has 108 valence electrons. The number of rotatable bonds is 6. The molecule has 1 aromatic carbocycles. The monoisotopic (exact) mass is 364 g/mol. The molecule has 8 heteroatoms. The van der Waals surface area contributed by atoms with Crippen molar-refractivity contribution < 1.29 is 26.7 Å². The smallest absolute Gasteiger partial charge is 0.434 e. The Balaban J connectivity index is 3.08. The molecule has 1 rings (SSSR count). The molecule has 0 saturated carbocycles. The van der Waals surface area contributed by atoms with Crippen molar-refractivity contribution in [2.75, 3.05) is 5.33 Å². The van der Waals surface area contributed by atoms with Crippen molar-refractivity contribution in [2.45, 2.75) is 29.9 Å². The van der Waals surface area contributed by atoms with E-state index in [1.54, 1.807) is 0 Å². The highest BCUT2D eigenvalue weighted by molar-refractivity contribution is 9.09. The van der Waals surface area contributed by atoms with Gasteiger partial charge in [0.05, 0.1) is 4.90 Å². The van der Waals surface area contributed by atoms with E-state index in [4.69, 9.17) is 0 Å². The van der Waals surface area contributed by atoms with Crippen molar-refractivity contribution in [2.24, 2.45) is 0 Å². The van der Waals surface area contributed by atoms with Crippen LogP contribution in [0.5, 0.6) is 5.75 Å². The number of halogens is 6. The van der Waals surface area contributed by atoms with E-state index in [-0.39, 0.29) is 4.90 Å². The van der Waals surface area contributed by atoms with E-state index in [0.29, 0.717) is 23.7 Å². The van der Waals surface area contributed by atoms with Crippen LogP contribution in [0.25, 0.3) is 0 Å². The normalized spacial score (nSPS) is 11.9. The lowest BCUT2D eigenvalue weighted by Crippen LogP contribution is -2.07. The van der Waals surface area contributed by atoms with E-state index in [1.807, 2.05) is 0 Å². The Hall–Kier alpha value is -0.500. The summed E-state index contributed by atoms with van der Waals surface area (Å²) < 4.78 is 66.0. The molecule has 0 bridgehead atoms. The van der Waals surface area contributed by atoms with Crippen LogP contribution in [0.2, 0.25) is 0 Å². The van der Waals surface area contributed by atoms with Crippen molar-refractivity contribution in [3.63, 3.8) is 0 Å². The van der Waals surface area contributed by atoms with Crippen LogP contribution in [-0.2, 0) is 6.42 Å². The van der Waals surface area contributed by atoms with Crippen LogP contribution in [-0.4, -0.2) is 17.4 Å². The van der Waals surface area contributed by atoms with Gasteiger partial charge in [0, 0.05) is 5.33 Å². The van der Waals surface area contributed by atoms with Gasteiger partial charge in [0.1, 0.15) is 5.75 Å². The Morgan fingerprint density at radius 1 is 1.26 bits per heavy atom. The summed E-state index contributed by atoms with van der Waals surface area (Å²) in [5.41, 5.74) is -4.20. The second kappa shape index (κ2) is 7.33. The maximum Gasteiger partial charge on any atom is 0.446 e. The Labute approximate surface area is 119 Å². The molecule has 0 radical (unpaired) electrons. The van der Waals surface area contributed by atoms with Gasteiger partial charge in [-0.25, -0.2) is 0 Å². The minimum Gasteiger partial charge on any atom is -0.434 e. The molecular formula is C11H10BrF5OS. The van der Waals surface area contributed by atoms with Gasteiger partial charge in [-0.1, -0.05) is 28.1 Å². The van der Waals surface area contributed by atoms with Crippen molar-refractivity contribution in [3.8, 4) is 5.75 Å². The second-order valence-electron chi connectivity index (χ2n) is 3.46. The molecule has 0 N–H and O–H groups in total. The molecule has 0 saturated heterocycles. The van der Waals surface area contributed by atoms with Gasteiger partial charge in [-0.3, -0.25) is 0 Å². The standard InChI is InChI=1S/C11H10BrF5OS/c12-6-2-4-7-3-1-5-8(18-10(13)14)9(7)19-11(15,16)17/h1,3,5,10H,2,4,6H2. The Morgan fingerprint density at radius 3 is 2.47 bits per heavy atom. The number of hydrogen-bond acceptors (Lipinski definition) is 2. The fourth-order valence-electron chi connectivity index (χ4n) is 1.44. The summed E-state index contributed by atoms with van der Waals surface area (Å²) in [6, 6.07) is 3.99. The first-order chi connectivity index (χ1) is 8.83. The summed E-state index contributed by atoms with van der Waals surface area (Å²) in [4.78, 5) is -0.295. The molecule has 0 aliphatic carbocycles. The molecule has 0 unspecified atom stereocenters. The lowest BCUT2D eigenvalue weighted by atomic mass is 10.1. The minimum absolute atomic E-state index is 0.295. The maximum absolute atomic E-state index is 12.5. The molecular weight excluding hydrogens is 355 g/mol. The van der Waals surface area contributed by atoms with Crippen molar-refractivity contribution in [1.82, 2.24) is 0 Å². The van der Waals surface area contributed by atoms with Gasteiger partial charge in [-0.2, -0.15) is 22.0 Å². The van der Waals surface area contributed by atoms with Crippen LogP contribution in [0.15, 0.2) is 23.1 Å². The molecule has 1 aromatic rings. The highest BCUT2D eigenvalue weighted by Gasteiger charge is 2.32. The molecule has 0 aliphatic heterocycles. The minimum atomic E-state index is -4.55. The van der Waals surface area contributed by atoms with Gasteiger partial charge in [-0.15, -0.1) is 0 Å². The van der Waals surface area contributed by atoms with Gasteiger partial charge in [0.2, 0.25) is 0 Å². The van der Waals surface area contributed by atoms with Crippen molar-refractivity contribution in [3.05, 3.63) is 23.8 Å². The number of hydrogen-bond donors (Lipinski definition) is 0. The fourth-order valence-corrected chi connectivity index (χ4v) is 2.47. The first-order valence-electron chi connectivity index (χ1n) is 5.22. The van der Waals surface area contributed by atoms with Crippen LogP contribution in [0, 0.1) is 0 Å². The third-order valence-corrected chi connectivity index (χ3v) is 3.53. The first kappa shape index (κ1) is 16.6. The Kier molecular flexibility index (Phi) is 6.38. The summed E-state index contributed by atoms with van der Waals surface area (Å²) in [6.45, 7) is -3.15. The van der Waals surface area contributed by atoms with Crippen LogP contribution < -0.4 is 4.74 Å². The molecule has 0 amide bonds. The topological polar surface area (TPSA) is 9.23 Å². The quantitative estimate of drug-likeness (QED) is 0.388. The molecule has 0 fully saturated rings. The lowest BCUT2D eigenvalue weighted by molar-refractivity contribution is -0.0528. The van der Waals surface area contributed by atoms with Gasteiger partial charge in [0.25, 0.3) is 0 Å². The third kappa shape index (κ3) is 5.99. The van der Waals surface area contributed by atoms with Crippen molar-refractivity contribution >= 4 is 27.7 Å². The number of thioether (sulfide) groups is 1. The fraction of sp³-hybridized carbons (Fsp3) is 0.455. The average Bonchev–Trinajstić information content (AvgIpc) is 2.27. The zero-order chi connectivity index (χ0) is 14.5.